The molecule has 0 bridgehead atoms. The molecule has 0 radical (unpaired) electrons. The minimum atomic E-state index is -1.05. The number of unbranched alkanes of at least 4 members (excludes halogenated alkanes) is 1. The molecule has 702 valence electrons. The monoisotopic (exact) mass is 1800 g/mol. The van der Waals surface area contributed by atoms with Crippen LogP contribution < -0.4 is 79.8 Å². The van der Waals surface area contributed by atoms with Gasteiger partial charge >= 0.3 is 0 Å². The first kappa shape index (κ1) is 103. The Labute approximate surface area is 746 Å². The van der Waals surface area contributed by atoms with Gasteiger partial charge in [0.1, 0.15) is 29.2 Å². The van der Waals surface area contributed by atoms with Crippen molar-refractivity contribution >= 4 is 117 Å². The number of amides is 15. The Bertz CT molecular complexity index is 4970. The predicted octanol–water partition coefficient (Wildman–Crippen LogP) is 0.0735. The lowest BCUT2D eigenvalue weighted by Gasteiger charge is -2.21. The van der Waals surface area contributed by atoms with Crippen LogP contribution in [0.3, 0.4) is 0 Å². The molecular weight excluding hydrogens is 1680 g/mol. The zero-order chi connectivity index (χ0) is 94.1. The topological polar surface area (TPSA) is 554 Å². The molecule has 0 aliphatic heterocycles. The molecule has 7 rings (SSSR count). The molecule has 6 heterocycles. The predicted molar refractivity (Wildman–Crippen MR) is 473 cm³/mol. The highest BCUT2D eigenvalue weighted by Gasteiger charge is 2.27. The molecule has 0 saturated carbocycles. The van der Waals surface area contributed by atoms with Crippen LogP contribution in [0.5, 0.6) is 0 Å². The molecule has 129 heavy (non-hydrogen) atoms. The van der Waals surface area contributed by atoms with Crippen molar-refractivity contribution in [2.75, 3.05) is 165 Å². The number of aryl methyl sites for hydroxylation is 6. The molecule has 2 atom stereocenters. The Morgan fingerprint density at radius 2 is 0.791 bits per heavy atom. The van der Waals surface area contributed by atoms with Gasteiger partial charge in [0.2, 0.25) is 64.7 Å². The third kappa shape index (κ3) is 35.3. The second kappa shape index (κ2) is 52.6. The van der Waals surface area contributed by atoms with Crippen LogP contribution in [0.2, 0.25) is 0 Å². The van der Waals surface area contributed by atoms with Crippen LogP contribution in [0.4, 0.5) is 28.8 Å². The lowest BCUT2D eigenvalue weighted by Crippen LogP contribution is -2.53. The van der Waals surface area contributed by atoms with Gasteiger partial charge in [0.15, 0.2) is 17.5 Å². The third-order valence-electron chi connectivity index (χ3n) is 19.5. The normalized spacial score (nSPS) is 11.6. The van der Waals surface area contributed by atoms with Gasteiger partial charge in [0, 0.05) is 137 Å². The highest BCUT2D eigenvalue weighted by atomic mass is 16.6. The molecule has 45 heteroatoms. The van der Waals surface area contributed by atoms with Gasteiger partial charge in [-0.05, 0) is 93.2 Å². The van der Waals surface area contributed by atoms with Gasteiger partial charge in [-0.1, -0.05) is 46.8 Å². The molecule has 15 N–H and O–H groups in total. The van der Waals surface area contributed by atoms with Crippen molar-refractivity contribution in [1.29, 1.82) is 0 Å². The Kier molecular flexibility index (Phi) is 41.8. The standard InChI is InChI=1S/C84H121N25O20/c1-13-109(14-2)33-16-15-18-59(96-71(115)48-90-75(116)54(3)93-70(114)47-91-76(117)55-20-22-56(23-21-55)84(4,5)6)77(118)92-46-69(113)85-30-34-125-36-38-127-40-42-129-43-41-128-39-37-126-35-31-89-81(122)72-100-63(51-106(72)10)97-67(111)25-28-87-79(120)61-44-57(49-104(61)8)95-83(124)74-102-65(53-108(74)12)99-68(112)26-29-88-80(121)62-45-58(50-105(62)9)94-82(123)73-101-64(52-107(73)11)98-66(110)24-27-86-78(119)60-19-17-32-103(60)7/h17,19-23,32,44-45,49-54,59H,13-16,18,24-31,33-43,46-48H2,1-12H3,(H,85,113)(H,86,119)(H,87,120)(H,88,121)(H,89,122)(H,90,116)(H,91,117)(H,92,118)(H,93,114)(H,94,123)(H,95,124)(H,96,115)(H,97,111)(H,98,110)(H,99,112)/t54-,59-/m0/s1. The zero-order valence-electron chi connectivity index (χ0n) is 75.0. The summed E-state index contributed by atoms with van der Waals surface area (Å²) in [6.45, 7) is 15.8. The Balaban J connectivity index is 0.664. The molecule has 0 saturated heterocycles. The van der Waals surface area contributed by atoms with Gasteiger partial charge in [0.25, 0.3) is 41.4 Å². The molecule has 0 fully saturated rings. The summed E-state index contributed by atoms with van der Waals surface area (Å²) in [6.07, 6.45) is 10.3. The van der Waals surface area contributed by atoms with Crippen molar-refractivity contribution in [2.24, 2.45) is 42.3 Å². The number of aromatic nitrogens is 9. The average Bonchev–Trinajstić information content (AvgIpc) is 1.65. The number of hydrogen-bond donors (Lipinski definition) is 15. The second-order valence-corrected chi connectivity index (χ2v) is 30.8. The molecule has 6 aromatic heterocycles. The maximum Gasteiger partial charge on any atom is 0.291 e. The van der Waals surface area contributed by atoms with E-state index < -0.39 is 101 Å². The number of carbonyl (C=O) groups is 15. The van der Waals surface area contributed by atoms with Crippen LogP contribution in [-0.2, 0) is 110 Å². The van der Waals surface area contributed by atoms with Crippen LogP contribution in [0.15, 0.2) is 85.7 Å². The molecule has 15 amide bonds. The Morgan fingerprint density at radius 1 is 0.388 bits per heavy atom. The minimum absolute atomic E-state index is 0.0217. The number of rotatable bonds is 56. The summed E-state index contributed by atoms with van der Waals surface area (Å²) in [5, 5.41) is 39.3. The van der Waals surface area contributed by atoms with Gasteiger partial charge in [-0.25, -0.2) is 15.0 Å². The van der Waals surface area contributed by atoms with Crippen molar-refractivity contribution in [1.82, 2.24) is 100 Å². The summed E-state index contributed by atoms with van der Waals surface area (Å²) in [7, 11) is 9.59. The third-order valence-corrected chi connectivity index (χ3v) is 19.5. The molecule has 0 aliphatic carbocycles. The van der Waals surface area contributed by atoms with Crippen molar-refractivity contribution < 1.29 is 95.6 Å². The van der Waals surface area contributed by atoms with Gasteiger partial charge in [0.05, 0.1) is 97.1 Å². The smallest absolute Gasteiger partial charge is 0.291 e. The summed E-state index contributed by atoms with van der Waals surface area (Å²) in [5.74, 6) is -7.99. The van der Waals surface area contributed by atoms with Crippen molar-refractivity contribution in [3.63, 3.8) is 0 Å². The fourth-order valence-corrected chi connectivity index (χ4v) is 12.5. The summed E-state index contributed by atoms with van der Waals surface area (Å²) in [4.78, 5) is 209. The van der Waals surface area contributed by atoms with Crippen LogP contribution in [0.25, 0.3) is 0 Å². The number of hydrogen-bond acceptors (Lipinski definition) is 24. The zero-order valence-corrected chi connectivity index (χ0v) is 75.0. The second-order valence-electron chi connectivity index (χ2n) is 30.8. The Morgan fingerprint density at radius 3 is 1.23 bits per heavy atom. The van der Waals surface area contributed by atoms with Gasteiger partial charge < -0.3 is 136 Å². The SMILES string of the molecule is CCN(CC)CCCC[C@H](NC(=O)CNC(=O)[C@H](C)NC(=O)CNC(=O)c1ccc(C(C)(C)C)cc1)C(=O)NCC(=O)NCCOCCOCCOCCOCCOCCNC(=O)c1nc(NC(=O)CCNC(=O)c2cc(NC(=O)c3nc(NC(=O)CCNC(=O)c4cc(NC(=O)c5nc(NC(=O)CCNC(=O)c6cccn6C)cn5C)cn4C)cn3C)cn2C)cn1C. The van der Waals surface area contributed by atoms with Gasteiger partial charge in [-0.15, -0.1) is 0 Å². The average molecular weight is 1800 g/mol. The van der Waals surface area contributed by atoms with Crippen LogP contribution in [-0.4, -0.2) is 286 Å². The van der Waals surface area contributed by atoms with E-state index >= 15 is 0 Å². The van der Waals surface area contributed by atoms with Crippen molar-refractivity contribution in [2.45, 2.75) is 97.6 Å². The van der Waals surface area contributed by atoms with E-state index in [1.165, 1.54) is 79.9 Å². The van der Waals surface area contributed by atoms with Crippen molar-refractivity contribution in [3.8, 4) is 0 Å². The fourth-order valence-electron chi connectivity index (χ4n) is 12.5. The van der Waals surface area contributed by atoms with E-state index in [0.29, 0.717) is 44.1 Å². The maximum atomic E-state index is 13.4. The molecule has 45 nitrogen and oxygen atoms in total. The van der Waals surface area contributed by atoms with Gasteiger partial charge in [-0.2, -0.15) is 0 Å². The molecule has 7 aromatic rings. The quantitative estimate of drug-likeness (QED) is 0.0224. The van der Waals surface area contributed by atoms with E-state index in [9.17, 15) is 71.9 Å². The molecule has 1 aromatic carbocycles. The summed E-state index contributed by atoms with van der Waals surface area (Å²) >= 11 is 0. The number of carbonyl (C=O) groups excluding carboxylic acids is 15. The molecule has 0 aliphatic rings. The first-order valence-electron chi connectivity index (χ1n) is 42.2. The minimum Gasteiger partial charge on any atom is -0.377 e. The number of nitrogens with zero attached hydrogens (tertiary/aromatic N) is 10. The number of ether oxygens (including phenoxy) is 5. The lowest BCUT2D eigenvalue weighted by molar-refractivity contribution is -0.131. The number of imidazole rings is 3. The summed E-state index contributed by atoms with van der Waals surface area (Å²) < 4.78 is 36.6. The van der Waals surface area contributed by atoms with E-state index in [1.54, 1.807) is 70.3 Å². The van der Waals surface area contributed by atoms with Crippen LogP contribution in [0.1, 0.15) is 159 Å². The highest BCUT2D eigenvalue weighted by Crippen LogP contribution is 2.23. The highest BCUT2D eigenvalue weighted by molar-refractivity contribution is 6.06. The van der Waals surface area contributed by atoms with E-state index in [-0.39, 0.29) is 180 Å². The number of anilines is 5. The van der Waals surface area contributed by atoms with Gasteiger partial charge in [-0.3, -0.25) is 71.9 Å². The molecule has 0 spiro atoms. The van der Waals surface area contributed by atoms with E-state index in [0.717, 1.165) is 31.6 Å². The van der Waals surface area contributed by atoms with Crippen LogP contribution in [0, 0.1) is 0 Å². The van der Waals surface area contributed by atoms with E-state index in [1.807, 2.05) is 12.1 Å². The molecular formula is C84H121N25O20. The first-order chi connectivity index (χ1) is 61.6. The Hall–Kier alpha value is -13.5. The fraction of sp³-hybridized carbons (Fsp3) is 0.500. The van der Waals surface area contributed by atoms with Crippen LogP contribution >= 0.6 is 0 Å². The number of nitrogens with one attached hydrogen (secondary N) is 15. The van der Waals surface area contributed by atoms with Crippen molar-refractivity contribution in [3.05, 3.63) is 131 Å². The first-order valence-corrected chi connectivity index (χ1v) is 42.2. The maximum absolute atomic E-state index is 13.4. The summed E-state index contributed by atoms with van der Waals surface area (Å²) in [6, 6.07) is 11.2. The van der Waals surface area contributed by atoms with E-state index in [4.69, 9.17) is 23.7 Å². The molecule has 0 unspecified atom stereocenters. The largest absolute Gasteiger partial charge is 0.377 e. The summed E-state index contributed by atoms with van der Waals surface area (Å²) in [5.41, 5.74) is 2.58. The number of benzene rings is 1. The van der Waals surface area contributed by atoms with E-state index in [2.05, 4.69) is 134 Å². The lowest BCUT2D eigenvalue weighted by atomic mass is 9.87.